The van der Waals surface area contributed by atoms with Gasteiger partial charge in [-0.05, 0) is 19.8 Å². The number of nitrogen functional groups attached to an aromatic ring is 1. The summed E-state index contributed by atoms with van der Waals surface area (Å²) in [5, 5.41) is 0.284. The molecule has 5 nitrogen and oxygen atoms in total. The van der Waals surface area contributed by atoms with Gasteiger partial charge in [0, 0.05) is 13.1 Å². The summed E-state index contributed by atoms with van der Waals surface area (Å²) in [7, 11) is -1.89. The summed E-state index contributed by atoms with van der Waals surface area (Å²) in [4.78, 5) is 3.95. The van der Waals surface area contributed by atoms with Crippen LogP contribution in [0.5, 0.6) is 0 Å². The summed E-state index contributed by atoms with van der Waals surface area (Å²) in [6.07, 6.45) is 0. The zero-order valence-electron chi connectivity index (χ0n) is 10.8. The van der Waals surface area contributed by atoms with Gasteiger partial charge in [-0.2, -0.15) is 4.31 Å². The Kier molecular flexibility index (Phi) is 4.16. The molecular weight excluding hydrogens is 258 g/mol. The van der Waals surface area contributed by atoms with Crippen molar-refractivity contribution in [3.8, 4) is 0 Å². The Balaban J connectivity index is 3.16. The zero-order chi connectivity index (χ0) is 13.4. The number of rotatable bonds is 4. The lowest BCUT2D eigenvalue weighted by atomic mass is 10.1. The van der Waals surface area contributed by atoms with Gasteiger partial charge >= 0.3 is 0 Å². The average molecular weight is 277 g/mol. The maximum Gasteiger partial charge on any atom is 0.254 e. The number of nitrogens with zero attached hydrogens (tertiary/aromatic N) is 2. The van der Waals surface area contributed by atoms with E-state index in [1.165, 1.54) is 4.31 Å². The monoisotopic (exact) mass is 277 g/mol. The Morgan fingerprint density at radius 3 is 2.24 bits per heavy atom. The van der Waals surface area contributed by atoms with Gasteiger partial charge in [0.05, 0.1) is 5.69 Å². The van der Waals surface area contributed by atoms with Crippen LogP contribution in [-0.4, -0.2) is 30.8 Å². The fraction of sp³-hybridized carbons (Fsp3) is 0.700. The van der Waals surface area contributed by atoms with Gasteiger partial charge in [-0.15, -0.1) is 0 Å². The van der Waals surface area contributed by atoms with E-state index in [2.05, 4.69) is 4.98 Å². The van der Waals surface area contributed by atoms with Crippen molar-refractivity contribution >= 4 is 26.5 Å². The average Bonchev–Trinajstić information content (AvgIpc) is 2.56. The van der Waals surface area contributed by atoms with E-state index >= 15 is 0 Å². The molecule has 1 atom stereocenters. The maximum atomic E-state index is 12.4. The van der Waals surface area contributed by atoms with Crippen LogP contribution in [0.4, 0.5) is 5.13 Å². The number of anilines is 1. The molecule has 0 fully saturated rings. The van der Waals surface area contributed by atoms with Crippen LogP contribution in [0.25, 0.3) is 0 Å². The minimum absolute atomic E-state index is 0.0669. The SMILES string of the molecule is Cc1nc(N)sc1S(=O)(=O)N(C)C(C)C(C)C. The van der Waals surface area contributed by atoms with Crippen molar-refractivity contribution < 1.29 is 8.42 Å². The Hall–Kier alpha value is -0.660. The van der Waals surface area contributed by atoms with Crippen LogP contribution < -0.4 is 5.73 Å². The van der Waals surface area contributed by atoms with Gasteiger partial charge in [-0.25, -0.2) is 13.4 Å². The molecule has 7 heteroatoms. The van der Waals surface area contributed by atoms with Crippen LogP contribution in [0.2, 0.25) is 0 Å². The number of nitrogens with two attached hydrogens (primary N) is 1. The highest BCUT2D eigenvalue weighted by molar-refractivity contribution is 7.91. The fourth-order valence-corrected chi connectivity index (χ4v) is 4.37. The highest BCUT2D eigenvalue weighted by atomic mass is 32.2. The molecule has 0 amide bonds. The van der Waals surface area contributed by atoms with E-state index in [0.717, 1.165) is 11.3 Å². The molecule has 1 rings (SSSR count). The molecule has 0 aliphatic heterocycles. The molecule has 0 spiro atoms. The smallest absolute Gasteiger partial charge is 0.254 e. The molecule has 17 heavy (non-hydrogen) atoms. The molecule has 0 radical (unpaired) electrons. The Bertz CT molecular complexity index is 494. The predicted molar refractivity (Wildman–Crippen MR) is 70.5 cm³/mol. The van der Waals surface area contributed by atoms with Crippen LogP contribution in [0.3, 0.4) is 0 Å². The summed E-state index contributed by atoms with van der Waals surface area (Å²) in [6.45, 7) is 7.53. The van der Waals surface area contributed by atoms with E-state index in [1.807, 2.05) is 20.8 Å². The van der Waals surface area contributed by atoms with Gasteiger partial charge < -0.3 is 5.73 Å². The summed E-state index contributed by atoms with van der Waals surface area (Å²) >= 11 is 1.02. The van der Waals surface area contributed by atoms with Crippen molar-refractivity contribution in [1.82, 2.24) is 9.29 Å². The molecule has 2 N–H and O–H groups in total. The van der Waals surface area contributed by atoms with Crippen LogP contribution in [-0.2, 0) is 10.0 Å². The van der Waals surface area contributed by atoms with E-state index in [4.69, 9.17) is 5.73 Å². The Morgan fingerprint density at radius 2 is 1.88 bits per heavy atom. The largest absolute Gasteiger partial charge is 0.375 e. The normalized spacial score (nSPS) is 14.5. The first-order valence-corrected chi connectivity index (χ1v) is 7.64. The lowest BCUT2D eigenvalue weighted by Crippen LogP contribution is -2.38. The molecule has 1 unspecified atom stereocenters. The second-order valence-electron chi connectivity index (χ2n) is 4.43. The number of hydrogen-bond donors (Lipinski definition) is 1. The highest BCUT2D eigenvalue weighted by Crippen LogP contribution is 2.29. The van der Waals surface area contributed by atoms with Gasteiger partial charge in [0.1, 0.15) is 0 Å². The predicted octanol–water partition coefficient (Wildman–Crippen LogP) is 1.70. The lowest BCUT2D eigenvalue weighted by molar-refractivity contribution is 0.316. The van der Waals surface area contributed by atoms with Crippen LogP contribution in [0.1, 0.15) is 26.5 Å². The zero-order valence-corrected chi connectivity index (χ0v) is 12.4. The minimum Gasteiger partial charge on any atom is -0.375 e. The third-order valence-electron chi connectivity index (χ3n) is 2.92. The van der Waals surface area contributed by atoms with Crippen molar-refractivity contribution in [3.05, 3.63) is 5.69 Å². The summed E-state index contributed by atoms with van der Waals surface area (Å²) < 4.78 is 26.3. The van der Waals surface area contributed by atoms with Gasteiger partial charge in [-0.3, -0.25) is 0 Å². The van der Waals surface area contributed by atoms with E-state index < -0.39 is 10.0 Å². The second-order valence-corrected chi connectivity index (χ2v) is 7.65. The molecule has 0 aromatic carbocycles. The van der Waals surface area contributed by atoms with E-state index in [0.29, 0.717) is 5.69 Å². The number of aromatic nitrogens is 1. The molecule has 1 aromatic rings. The first kappa shape index (κ1) is 14.4. The lowest BCUT2D eigenvalue weighted by Gasteiger charge is -2.26. The number of hydrogen-bond acceptors (Lipinski definition) is 5. The molecule has 1 heterocycles. The number of aryl methyl sites for hydroxylation is 1. The summed E-state index contributed by atoms with van der Waals surface area (Å²) in [5.41, 5.74) is 6.00. The van der Waals surface area contributed by atoms with Gasteiger partial charge in [0.25, 0.3) is 10.0 Å². The molecule has 1 aromatic heterocycles. The Morgan fingerprint density at radius 1 is 1.35 bits per heavy atom. The third kappa shape index (κ3) is 2.78. The summed E-state index contributed by atoms with van der Waals surface area (Å²) in [6, 6.07) is -0.0669. The summed E-state index contributed by atoms with van der Waals surface area (Å²) in [5.74, 6) is 0.250. The van der Waals surface area contributed by atoms with Gasteiger partial charge in [0.15, 0.2) is 9.34 Å². The maximum absolute atomic E-state index is 12.4. The first-order valence-electron chi connectivity index (χ1n) is 5.38. The second kappa shape index (κ2) is 4.91. The van der Waals surface area contributed by atoms with Gasteiger partial charge in [-0.1, -0.05) is 25.2 Å². The highest BCUT2D eigenvalue weighted by Gasteiger charge is 2.30. The Labute approximate surface area is 107 Å². The van der Waals surface area contributed by atoms with Crippen molar-refractivity contribution in [1.29, 1.82) is 0 Å². The van der Waals surface area contributed by atoms with E-state index in [9.17, 15) is 8.42 Å². The number of thiazole rings is 1. The first-order chi connectivity index (χ1) is 7.67. The molecule has 0 saturated carbocycles. The van der Waals surface area contributed by atoms with Gasteiger partial charge in [0.2, 0.25) is 0 Å². The van der Waals surface area contributed by atoms with Crippen molar-refractivity contribution in [2.24, 2.45) is 5.92 Å². The van der Waals surface area contributed by atoms with E-state index in [1.54, 1.807) is 14.0 Å². The van der Waals surface area contributed by atoms with E-state index in [-0.39, 0.29) is 21.3 Å². The molecule has 0 aliphatic rings. The molecule has 98 valence electrons. The van der Waals surface area contributed by atoms with Crippen LogP contribution in [0.15, 0.2) is 4.21 Å². The van der Waals surface area contributed by atoms with Crippen molar-refractivity contribution in [3.63, 3.8) is 0 Å². The topological polar surface area (TPSA) is 76.3 Å². The van der Waals surface area contributed by atoms with Crippen molar-refractivity contribution in [2.75, 3.05) is 12.8 Å². The molecule has 0 saturated heterocycles. The van der Waals surface area contributed by atoms with Crippen LogP contribution in [0, 0.1) is 12.8 Å². The fourth-order valence-electron chi connectivity index (χ4n) is 1.41. The molecule has 0 bridgehead atoms. The third-order valence-corrected chi connectivity index (χ3v) is 6.44. The minimum atomic E-state index is -3.48. The number of sulfonamides is 1. The molecular formula is C10H19N3O2S2. The van der Waals surface area contributed by atoms with Crippen molar-refractivity contribution in [2.45, 2.75) is 37.9 Å². The quantitative estimate of drug-likeness (QED) is 0.908. The standard InChI is InChI=1S/C10H19N3O2S2/c1-6(2)8(4)13(5)17(14,15)9-7(3)12-10(11)16-9/h6,8H,1-5H3,(H2,11,12). The molecule has 0 aliphatic carbocycles. The van der Waals surface area contributed by atoms with Crippen LogP contribution >= 0.6 is 11.3 Å².